The van der Waals surface area contributed by atoms with Crippen molar-refractivity contribution in [2.75, 3.05) is 5.32 Å². The molecule has 5 heteroatoms. The topological polar surface area (TPSA) is 64.0 Å². The first-order valence-electron chi connectivity index (χ1n) is 10.1. The summed E-state index contributed by atoms with van der Waals surface area (Å²) in [5, 5.41) is 7.62. The Balaban J connectivity index is 1.78. The number of hydrogen-bond acceptors (Lipinski definition) is 3. The minimum absolute atomic E-state index is 0.0336. The van der Waals surface area contributed by atoms with Gasteiger partial charge in [-0.3, -0.25) is 9.59 Å². The van der Waals surface area contributed by atoms with Crippen LogP contribution in [0.3, 0.4) is 0 Å². The number of nitrogens with one attached hydrogen (secondary N) is 1. The molecule has 0 radical (unpaired) electrons. The van der Waals surface area contributed by atoms with Crippen molar-refractivity contribution < 1.29 is 9.59 Å². The number of aromatic nitrogens is 2. The molecule has 5 nitrogen and oxygen atoms in total. The van der Waals surface area contributed by atoms with Gasteiger partial charge in [0, 0.05) is 17.5 Å². The van der Waals surface area contributed by atoms with Gasteiger partial charge < -0.3 is 5.32 Å². The van der Waals surface area contributed by atoms with E-state index in [4.69, 9.17) is 0 Å². The standard InChI is InChI=1S/C24H25N3O2/c1-4-16-9-11-18(12-10-16)23(29)20-14-21(28)25-24-22(20)15(3)26-27(24)19-8-6-7-17(5-2)13-19/h6-13,20H,4-5,14H2,1-3H3,(H,25,28)/t20-/m1/s1. The number of anilines is 1. The Kier molecular flexibility index (Phi) is 5.05. The summed E-state index contributed by atoms with van der Waals surface area (Å²) in [6.45, 7) is 6.08. The van der Waals surface area contributed by atoms with Gasteiger partial charge >= 0.3 is 0 Å². The average Bonchev–Trinajstić information content (AvgIpc) is 3.09. The third-order valence-corrected chi connectivity index (χ3v) is 5.63. The normalized spacial score (nSPS) is 15.7. The fraction of sp³-hybridized carbons (Fsp3) is 0.292. The second-order valence-electron chi connectivity index (χ2n) is 7.50. The summed E-state index contributed by atoms with van der Waals surface area (Å²) in [5.74, 6) is -0.104. The van der Waals surface area contributed by atoms with Gasteiger partial charge in [-0.25, -0.2) is 4.68 Å². The summed E-state index contributed by atoms with van der Waals surface area (Å²) in [6.07, 6.45) is 1.98. The number of ketones is 1. The highest BCUT2D eigenvalue weighted by atomic mass is 16.2. The Morgan fingerprint density at radius 1 is 1.10 bits per heavy atom. The molecular formula is C24H25N3O2. The summed E-state index contributed by atoms with van der Waals surface area (Å²) < 4.78 is 1.75. The van der Waals surface area contributed by atoms with E-state index in [1.807, 2.05) is 43.3 Å². The van der Waals surface area contributed by atoms with Gasteiger partial charge in [-0.15, -0.1) is 0 Å². The second kappa shape index (κ2) is 7.66. The molecule has 0 spiro atoms. The van der Waals surface area contributed by atoms with E-state index in [1.54, 1.807) is 4.68 Å². The Labute approximate surface area is 170 Å². The molecule has 1 aliphatic heterocycles. The molecule has 1 aliphatic rings. The summed E-state index contributed by atoms with van der Waals surface area (Å²) in [4.78, 5) is 25.8. The molecule has 1 N–H and O–H groups in total. The van der Waals surface area contributed by atoms with E-state index in [1.165, 1.54) is 11.1 Å². The van der Waals surface area contributed by atoms with E-state index in [9.17, 15) is 9.59 Å². The molecule has 0 bridgehead atoms. The third-order valence-electron chi connectivity index (χ3n) is 5.63. The number of carbonyl (C=O) groups is 2. The quantitative estimate of drug-likeness (QED) is 0.650. The first kappa shape index (κ1) is 19.1. The van der Waals surface area contributed by atoms with Gasteiger partial charge in [0.15, 0.2) is 5.78 Å². The minimum atomic E-state index is -0.519. The van der Waals surface area contributed by atoms with E-state index in [0.717, 1.165) is 29.8 Å². The van der Waals surface area contributed by atoms with Crippen molar-refractivity contribution in [3.8, 4) is 5.69 Å². The number of rotatable bonds is 5. The first-order valence-corrected chi connectivity index (χ1v) is 10.1. The van der Waals surface area contributed by atoms with Gasteiger partial charge in [-0.1, -0.05) is 50.2 Å². The predicted molar refractivity (Wildman–Crippen MR) is 114 cm³/mol. The van der Waals surface area contributed by atoms with Gasteiger partial charge in [-0.05, 0) is 43.0 Å². The highest BCUT2D eigenvalue weighted by Gasteiger charge is 2.36. The molecule has 2 heterocycles. The summed E-state index contributed by atoms with van der Waals surface area (Å²) >= 11 is 0. The van der Waals surface area contributed by atoms with Crippen LogP contribution < -0.4 is 5.32 Å². The Morgan fingerprint density at radius 3 is 2.52 bits per heavy atom. The number of amides is 1. The van der Waals surface area contributed by atoms with Crippen LogP contribution in [0.15, 0.2) is 48.5 Å². The van der Waals surface area contributed by atoms with Crippen LogP contribution in [0.1, 0.15) is 58.9 Å². The van der Waals surface area contributed by atoms with Crippen LogP contribution in [0, 0.1) is 6.92 Å². The lowest BCUT2D eigenvalue weighted by Gasteiger charge is -2.23. The van der Waals surface area contributed by atoms with Crippen molar-refractivity contribution in [2.45, 2.75) is 46.0 Å². The minimum Gasteiger partial charge on any atom is -0.310 e. The van der Waals surface area contributed by atoms with Crippen molar-refractivity contribution in [1.29, 1.82) is 0 Å². The third kappa shape index (κ3) is 3.48. The van der Waals surface area contributed by atoms with Gasteiger partial charge in [0.05, 0.1) is 17.3 Å². The molecule has 1 atom stereocenters. The second-order valence-corrected chi connectivity index (χ2v) is 7.50. The van der Waals surface area contributed by atoms with Crippen LogP contribution in [-0.4, -0.2) is 21.5 Å². The van der Waals surface area contributed by atoms with E-state index in [-0.39, 0.29) is 18.1 Å². The van der Waals surface area contributed by atoms with Gasteiger partial charge in [-0.2, -0.15) is 5.10 Å². The zero-order chi connectivity index (χ0) is 20.5. The Bertz CT molecular complexity index is 1080. The number of nitrogens with zero attached hydrogens (tertiary/aromatic N) is 2. The monoisotopic (exact) mass is 387 g/mol. The van der Waals surface area contributed by atoms with Crippen LogP contribution in [-0.2, 0) is 17.6 Å². The first-order chi connectivity index (χ1) is 14.0. The molecule has 3 aromatic rings. The highest BCUT2D eigenvalue weighted by Crippen LogP contribution is 2.38. The summed E-state index contributed by atoms with van der Waals surface area (Å²) in [5.41, 5.74) is 5.47. The molecule has 0 unspecified atom stereocenters. The van der Waals surface area contributed by atoms with Crippen molar-refractivity contribution in [3.63, 3.8) is 0 Å². The lowest BCUT2D eigenvalue weighted by Crippen LogP contribution is -2.28. The summed E-state index contributed by atoms with van der Waals surface area (Å²) in [7, 11) is 0. The lowest BCUT2D eigenvalue weighted by atomic mass is 9.85. The highest BCUT2D eigenvalue weighted by molar-refractivity contribution is 6.08. The molecule has 2 aromatic carbocycles. The van der Waals surface area contributed by atoms with Crippen molar-refractivity contribution >= 4 is 17.5 Å². The molecule has 0 aliphatic carbocycles. The lowest BCUT2D eigenvalue weighted by molar-refractivity contribution is -0.116. The van der Waals surface area contributed by atoms with Crippen LogP contribution in [0.5, 0.6) is 0 Å². The zero-order valence-corrected chi connectivity index (χ0v) is 17.0. The maximum Gasteiger partial charge on any atom is 0.226 e. The van der Waals surface area contributed by atoms with E-state index >= 15 is 0 Å². The largest absolute Gasteiger partial charge is 0.310 e. The van der Waals surface area contributed by atoms with Crippen LogP contribution in [0.25, 0.3) is 5.69 Å². The number of fused-ring (bicyclic) bond motifs is 1. The molecule has 4 rings (SSSR count). The zero-order valence-electron chi connectivity index (χ0n) is 17.0. The maximum atomic E-state index is 13.3. The molecule has 29 heavy (non-hydrogen) atoms. The molecule has 0 saturated carbocycles. The number of carbonyl (C=O) groups excluding carboxylic acids is 2. The Hall–Kier alpha value is -3.21. The van der Waals surface area contributed by atoms with Gasteiger partial charge in [0.1, 0.15) is 5.82 Å². The molecule has 0 fully saturated rings. The number of hydrogen-bond donors (Lipinski definition) is 1. The van der Waals surface area contributed by atoms with E-state index < -0.39 is 5.92 Å². The molecule has 148 valence electrons. The van der Waals surface area contributed by atoms with E-state index in [2.05, 4.69) is 36.4 Å². The molecule has 1 aromatic heterocycles. The fourth-order valence-electron chi connectivity index (χ4n) is 3.97. The molecular weight excluding hydrogens is 362 g/mol. The maximum absolute atomic E-state index is 13.3. The predicted octanol–water partition coefficient (Wildman–Crippen LogP) is 4.61. The number of aryl methyl sites for hydroxylation is 3. The molecule has 0 saturated heterocycles. The van der Waals surface area contributed by atoms with Crippen molar-refractivity contribution in [2.24, 2.45) is 0 Å². The van der Waals surface area contributed by atoms with Crippen molar-refractivity contribution in [3.05, 3.63) is 76.5 Å². The fourth-order valence-corrected chi connectivity index (χ4v) is 3.97. The smallest absolute Gasteiger partial charge is 0.226 e. The van der Waals surface area contributed by atoms with Crippen LogP contribution in [0.2, 0.25) is 0 Å². The van der Waals surface area contributed by atoms with Crippen LogP contribution >= 0.6 is 0 Å². The number of Topliss-reactive ketones (excluding diaryl/α,β-unsaturated/α-hetero) is 1. The average molecular weight is 387 g/mol. The number of benzene rings is 2. The van der Waals surface area contributed by atoms with Gasteiger partial charge in [0.25, 0.3) is 0 Å². The summed E-state index contributed by atoms with van der Waals surface area (Å²) in [6, 6.07) is 15.8. The molecule has 1 amide bonds. The Morgan fingerprint density at radius 2 is 1.83 bits per heavy atom. The van der Waals surface area contributed by atoms with Crippen molar-refractivity contribution in [1.82, 2.24) is 9.78 Å². The van der Waals surface area contributed by atoms with E-state index in [0.29, 0.717) is 11.4 Å². The SMILES string of the molecule is CCc1ccc(C(=O)[C@@H]2CC(=O)Nc3c2c(C)nn3-c2cccc(CC)c2)cc1. The van der Waals surface area contributed by atoms with Gasteiger partial charge in [0.2, 0.25) is 5.91 Å². The van der Waals surface area contributed by atoms with Crippen LogP contribution in [0.4, 0.5) is 5.82 Å².